The molecule has 22 heavy (non-hydrogen) atoms. The molecule has 0 saturated heterocycles. The normalized spacial score (nSPS) is 11.2. The number of carboxylic acids is 1. The topological polar surface area (TPSA) is 80.7 Å². The molecule has 0 bridgehead atoms. The monoisotopic (exact) mass is 300 g/mol. The van der Waals surface area contributed by atoms with Gasteiger partial charge in [0.05, 0.1) is 0 Å². The lowest BCUT2D eigenvalue weighted by Gasteiger charge is -2.03. The molecule has 0 spiro atoms. The Labute approximate surface area is 128 Å². The van der Waals surface area contributed by atoms with Crippen LogP contribution in [0.1, 0.15) is 18.9 Å². The van der Waals surface area contributed by atoms with E-state index in [2.05, 4.69) is 11.3 Å². The van der Waals surface area contributed by atoms with Crippen molar-refractivity contribution >= 4 is 24.0 Å². The number of benzene rings is 1. The van der Waals surface area contributed by atoms with Crippen molar-refractivity contribution in [2.45, 2.75) is 13.3 Å². The SMILES string of the molecule is C=C(CC=Cc1ccccc1)C(=O)OC(=O)/C(C)=C\C(=O)O. The van der Waals surface area contributed by atoms with Crippen molar-refractivity contribution in [3.05, 3.63) is 65.8 Å². The minimum Gasteiger partial charge on any atom is -0.478 e. The first kappa shape index (κ1) is 17.1. The van der Waals surface area contributed by atoms with Gasteiger partial charge < -0.3 is 9.84 Å². The van der Waals surface area contributed by atoms with Gasteiger partial charge in [-0.3, -0.25) is 0 Å². The Morgan fingerprint density at radius 2 is 1.82 bits per heavy atom. The number of carbonyl (C=O) groups is 3. The molecule has 0 amide bonds. The molecule has 0 aliphatic rings. The van der Waals surface area contributed by atoms with Gasteiger partial charge in [0.15, 0.2) is 0 Å². The largest absolute Gasteiger partial charge is 0.478 e. The van der Waals surface area contributed by atoms with E-state index in [1.165, 1.54) is 6.92 Å². The molecule has 0 aliphatic carbocycles. The lowest BCUT2D eigenvalue weighted by molar-refractivity contribution is -0.154. The minimum atomic E-state index is -1.29. The van der Waals surface area contributed by atoms with E-state index in [1.54, 1.807) is 6.08 Å². The number of carbonyl (C=O) groups excluding carboxylic acids is 2. The van der Waals surface area contributed by atoms with Gasteiger partial charge >= 0.3 is 17.9 Å². The molecule has 0 aromatic heterocycles. The summed E-state index contributed by atoms with van der Waals surface area (Å²) in [5, 5.41) is 8.50. The molecular weight excluding hydrogens is 284 g/mol. The van der Waals surface area contributed by atoms with Crippen LogP contribution in [0.3, 0.4) is 0 Å². The Hall–Kier alpha value is -2.95. The molecule has 0 unspecified atom stereocenters. The number of hydrogen-bond donors (Lipinski definition) is 1. The summed E-state index contributed by atoms with van der Waals surface area (Å²) in [7, 11) is 0. The molecule has 5 heteroatoms. The van der Waals surface area contributed by atoms with Crippen molar-refractivity contribution in [3.63, 3.8) is 0 Å². The molecule has 0 saturated carbocycles. The van der Waals surface area contributed by atoms with Crippen LogP contribution in [-0.2, 0) is 19.1 Å². The lowest BCUT2D eigenvalue weighted by Crippen LogP contribution is -2.15. The first-order valence-electron chi connectivity index (χ1n) is 6.47. The molecule has 114 valence electrons. The fourth-order valence-electron chi connectivity index (χ4n) is 1.47. The van der Waals surface area contributed by atoms with E-state index >= 15 is 0 Å². The van der Waals surface area contributed by atoms with Crippen molar-refractivity contribution in [2.24, 2.45) is 0 Å². The van der Waals surface area contributed by atoms with Gasteiger partial charge in [0.1, 0.15) is 0 Å². The molecular formula is C17H16O5. The van der Waals surface area contributed by atoms with Gasteiger partial charge in [0.2, 0.25) is 0 Å². The van der Waals surface area contributed by atoms with Crippen molar-refractivity contribution in [1.82, 2.24) is 0 Å². The van der Waals surface area contributed by atoms with Crippen molar-refractivity contribution < 1.29 is 24.2 Å². The Bertz CT molecular complexity index is 638. The number of carboxylic acid groups (broad SMARTS) is 1. The molecule has 0 heterocycles. The Morgan fingerprint density at radius 1 is 1.18 bits per heavy atom. The third kappa shape index (κ3) is 6.00. The van der Waals surface area contributed by atoms with E-state index in [-0.39, 0.29) is 17.6 Å². The number of ether oxygens (including phenoxy) is 1. The van der Waals surface area contributed by atoms with Gasteiger partial charge in [-0.25, -0.2) is 14.4 Å². The van der Waals surface area contributed by atoms with Gasteiger partial charge in [0.25, 0.3) is 0 Å². The molecule has 1 aromatic carbocycles. The zero-order chi connectivity index (χ0) is 16.5. The zero-order valence-electron chi connectivity index (χ0n) is 12.1. The van der Waals surface area contributed by atoms with Crippen LogP contribution < -0.4 is 0 Å². The molecule has 5 nitrogen and oxygen atoms in total. The maximum Gasteiger partial charge on any atom is 0.341 e. The van der Waals surface area contributed by atoms with Gasteiger partial charge in [0, 0.05) is 17.2 Å². The second kappa shape index (κ2) is 8.36. The third-order valence-corrected chi connectivity index (χ3v) is 2.61. The number of allylic oxidation sites excluding steroid dienone is 1. The number of hydrogen-bond acceptors (Lipinski definition) is 4. The van der Waals surface area contributed by atoms with Gasteiger partial charge in [-0.2, -0.15) is 0 Å². The van der Waals surface area contributed by atoms with Crippen LogP contribution in [-0.4, -0.2) is 23.0 Å². The van der Waals surface area contributed by atoms with E-state index in [9.17, 15) is 14.4 Å². The lowest BCUT2D eigenvalue weighted by atomic mass is 10.1. The first-order chi connectivity index (χ1) is 10.4. The second-order valence-corrected chi connectivity index (χ2v) is 4.46. The van der Waals surface area contributed by atoms with Crippen molar-refractivity contribution in [1.29, 1.82) is 0 Å². The fourth-order valence-corrected chi connectivity index (χ4v) is 1.47. The maximum absolute atomic E-state index is 11.6. The highest BCUT2D eigenvalue weighted by atomic mass is 16.6. The predicted molar refractivity (Wildman–Crippen MR) is 81.7 cm³/mol. The Kier molecular flexibility index (Phi) is 6.50. The second-order valence-electron chi connectivity index (χ2n) is 4.46. The fraction of sp³-hybridized carbons (Fsp3) is 0.118. The molecule has 0 radical (unpaired) electrons. The third-order valence-electron chi connectivity index (χ3n) is 2.61. The quantitative estimate of drug-likeness (QED) is 0.496. The van der Waals surface area contributed by atoms with Crippen molar-refractivity contribution in [3.8, 4) is 0 Å². The summed E-state index contributed by atoms with van der Waals surface area (Å²) in [5.74, 6) is -3.16. The smallest absolute Gasteiger partial charge is 0.341 e. The standard InChI is InChI=1S/C17H16O5/c1-12(7-6-10-14-8-4-3-5-9-14)16(20)22-17(21)13(2)11-15(18)19/h3-6,8-11H,1,7H2,2H3,(H,18,19)/b10-6?,13-11-. The van der Waals surface area contributed by atoms with Gasteiger partial charge in [-0.15, -0.1) is 0 Å². The highest BCUT2D eigenvalue weighted by molar-refractivity contribution is 6.03. The highest BCUT2D eigenvalue weighted by Gasteiger charge is 2.15. The van der Waals surface area contributed by atoms with Crippen LogP contribution >= 0.6 is 0 Å². The van der Waals surface area contributed by atoms with Crippen LogP contribution in [0.4, 0.5) is 0 Å². The Morgan fingerprint density at radius 3 is 2.41 bits per heavy atom. The van der Waals surface area contributed by atoms with E-state index in [0.29, 0.717) is 6.08 Å². The molecule has 1 N–H and O–H groups in total. The Balaban J connectivity index is 2.52. The van der Waals surface area contributed by atoms with Gasteiger partial charge in [-0.1, -0.05) is 49.1 Å². The summed E-state index contributed by atoms with van der Waals surface area (Å²) in [6.07, 6.45) is 4.44. The number of rotatable bonds is 6. The average Bonchev–Trinajstić information content (AvgIpc) is 2.47. The molecule has 0 aliphatic heterocycles. The molecule has 1 rings (SSSR count). The first-order valence-corrected chi connectivity index (χ1v) is 6.47. The minimum absolute atomic E-state index is 0.101. The molecule has 0 atom stereocenters. The number of aliphatic carboxylic acids is 1. The summed E-state index contributed by atoms with van der Waals surface area (Å²) in [6.45, 7) is 4.80. The average molecular weight is 300 g/mol. The summed E-state index contributed by atoms with van der Waals surface area (Å²) in [4.78, 5) is 33.5. The van der Waals surface area contributed by atoms with Gasteiger partial charge in [-0.05, 0) is 18.9 Å². The van der Waals surface area contributed by atoms with Crippen LogP contribution in [0, 0.1) is 0 Å². The maximum atomic E-state index is 11.6. The van der Waals surface area contributed by atoms with E-state index in [1.807, 2.05) is 36.4 Å². The predicted octanol–water partition coefficient (Wildman–Crippen LogP) is 2.75. The van der Waals surface area contributed by atoms with E-state index in [4.69, 9.17) is 5.11 Å². The molecule has 0 fully saturated rings. The number of esters is 2. The summed E-state index contributed by atoms with van der Waals surface area (Å²) >= 11 is 0. The summed E-state index contributed by atoms with van der Waals surface area (Å²) in [6, 6.07) is 9.48. The van der Waals surface area contributed by atoms with E-state index in [0.717, 1.165) is 5.56 Å². The highest BCUT2D eigenvalue weighted by Crippen LogP contribution is 2.08. The van der Waals surface area contributed by atoms with Crippen LogP contribution in [0.25, 0.3) is 6.08 Å². The van der Waals surface area contributed by atoms with Crippen LogP contribution in [0.5, 0.6) is 0 Å². The summed E-state index contributed by atoms with van der Waals surface area (Å²) in [5.41, 5.74) is 0.900. The zero-order valence-corrected chi connectivity index (χ0v) is 12.1. The summed E-state index contributed by atoms with van der Waals surface area (Å²) < 4.78 is 4.53. The van der Waals surface area contributed by atoms with E-state index < -0.39 is 17.9 Å². The van der Waals surface area contributed by atoms with Crippen LogP contribution in [0.15, 0.2) is 60.2 Å². The molecule has 1 aromatic rings. The van der Waals surface area contributed by atoms with Crippen molar-refractivity contribution in [2.75, 3.05) is 0 Å². The van der Waals surface area contributed by atoms with Crippen LogP contribution in [0.2, 0.25) is 0 Å².